The van der Waals surface area contributed by atoms with Crippen molar-refractivity contribution < 1.29 is 4.79 Å². The van der Waals surface area contributed by atoms with Crippen LogP contribution in [0, 0.1) is 25.2 Å². The molecule has 0 atom stereocenters. The van der Waals surface area contributed by atoms with Gasteiger partial charge in [0.05, 0.1) is 5.56 Å². The molecular formula is C23H27N3OS. The number of aryl methyl sites for hydroxylation is 4. The number of hydrogen-bond acceptors (Lipinski definition) is 4. The van der Waals surface area contributed by atoms with Crippen LogP contribution in [-0.2, 0) is 17.6 Å². The summed E-state index contributed by atoms with van der Waals surface area (Å²) in [4.78, 5) is 17.1. The molecule has 1 aromatic heterocycles. The third kappa shape index (κ3) is 5.59. The average molecular weight is 394 g/mol. The Labute approximate surface area is 171 Å². The number of nitrogens with one attached hydrogen (secondary N) is 1. The molecule has 1 aliphatic rings. The lowest BCUT2D eigenvalue weighted by Crippen LogP contribution is -2.12. The van der Waals surface area contributed by atoms with Gasteiger partial charge in [-0.25, -0.2) is 4.98 Å². The standard InChI is InChI=1S/C23H27N3OS/c1-16-11-17(2)13-20(12-16)25-22(27)9-10-28-23-19(15-24)14-18-7-5-3-4-6-8-21(18)26-23/h11-14H,3-10H2,1-2H3,(H,25,27). The number of anilines is 1. The van der Waals surface area contributed by atoms with Crippen molar-refractivity contribution in [3.63, 3.8) is 0 Å². The Morgan fingerprint density at radius 3 is 2.54 bits per heavy atom. The number of pyridine rings is 1. The first-order valence-corrected chi connectivity index (χ1v) is 11.0. The van der Waals surface area contributed by atoms with Crippen molar-refractivity contribution in [3.05, 3.63) is 52.2 Å². The number of thioether (sulfide) groups is 1. The van der Waals surface area contributed by atoms with Crippen LogP contribution in [-0.4, -0.2) is 16.6 Å². The highest BCUT2D eigenvalue weighted by Crippen LogP contribution is 2.27. The van der Waals surface area contributed by atoms with Crippen molar-refractivity contribution in [3.8, 4) is 6.07 Å². The van der Waals surface area contributed by atoms with E-state index in [0.29, 0.717) is 17.7 Å². The summed E-state index contributed by atoms with van der Waals surface area (Å²) in [6.45, 7) is 4.04. The Hall–Kier alpha value is -2.32. The fraction of sp³-hybridized carbons (Fsp3) is 0.435. The molecule has 1 heterocycles. The van der Waals surface area contributed by atoms with Gasteiger partial charge in [0.2, 0.25) is 5.91 Å². The lowest BCUT2D eigenvalue weighted by atomic mass is 9.96. The summed E-state index contributed by atoms with van der Waals surface area (Å²) in [5.41, 5.74) is 6.11. The van der Waals surface area contributed by atoms with Gasteiger partial charge in [0.15, 0.2) is 0 Å². The predicted octanol–water partition coefficient (Wildman–Crippen LogP) is 5.35. The van der Waals surface area contributed by atoms with Crippen molar-refractivity contribution in [1.29, 1.82) is 5.26 Å². The van der Waals surface area contributed by atoms with E-state index in [1.807, 2.05) is 32.0 Å². The fourth-order valence-corrected chi connectivity index (χ4v) is 4.58. The maximum absolute atomic E-state index is 12.3. The van der Waals surface area contributed by atoms with Crippen molar-refractivity contribution in [2.24, 2.45) is 0 Å². The minimum Gasteiger partial charge on any atom is -0.326 e. The van der Waals surface area contributed by atoms with Crippen LogP contribution in [0.4, 0.5) is 5.69 Å². The van der Waals surface area contributed by atoms with Gasteiger partial charge in [-0.3, -0.25) is 4.79 Å². The predicted molar refractivity (Wildman–Crippen MR) is 115 cm³/mol. The minimum atomic E-state index is -0.0118. The lowest BCUT2D eigenvalue weighted by molar-refractivity contribution is -0.115. The van der Waals surface area contributed by atoms with E-state index in [-0.39, 0.29) is 5.91 Å². The SMILES string of the molecule is Cc1cc(C)cc(NC(=O)CCSc2nc3c(cc2C#N)CCCCCC3)c1. The number of rotatable bonds is 5. The molecular weight excluding hydrogens is 366 g/mol. The quantitative estimate of drug-likeness (QED) is 0.695. The Kier molecular flexibility index (Phi) is 7.11. The number of benzene rings is 1. The normalized spacial score (nSPS) is 13.8. The van der Waals surface area contributed by atoms with E-state index in [9.17, 15) is 10.1 Å². The van der Waals surface area contributed by atoms with Gasteiger partial charge in [-0.15, -0.1) is 11.8 Å². The molecule has 0 bridgehead atoms. The number of hydrogen-bond donors (Lipinski definition) is 1. The van der Waals surface area contributed by atoms with Gasteiger partial charge in [-0.05, 0) is 74.4 Å². The van der Waals surface area contributed by atoms with Crippen LogP contribution in [0.2, 0.25) is 0 Å². The molecule has 1 amide bonds. The topological polar surface area (TPSA) is 65.8 Å². The molecule has 3 rings (SSSR count). The van der Waals surface area contributed by atoms with Crippen LogP contribution in [0.3, 0.4) is 0 Å². The summed E-state index contributed by atoms with van der Waals surface area (Å²) >= 11 is 1.51. The zero-order valence-corrected chi connectivity index (χ0v) is 17.5. The summed E-state index contributed by atoms with van der Waals surface area (Å²) in [5, 5.41) is 13.2. The van der Waals surface area contributed by atoms with Gasteiger partial charge in [0.25, 0.3) is 0 Å². The van der Waals surface area contributed by atoms with Gasteiger partial charge in [0.1, 0.15) is 11.1 Å². The minimum absolute atomic E-state index is 0.0118. The maximum Gasteiger partial charge on any atom is 0.225 e. The number of carbonyl (C=O) groups is 1. The molecule has 0 radical (unpaired) electrons. The molecule has 1 aliphatic carbocycles. The summed E-state index contributed by atoms with van der Waals surface area (Å²) in [7, 11) is 0. The maximum atomic E-state index is 12.3. The Morgan fingerprint density at radius 2 is 1.82 bits per heavy atom. The number of aromatic nitrogens is 1. The van der Waals surface area contributed by atoms with Gasteiger partial charge < -0.3 is 5.32 Å². The van der Waals surface area contributed by atoms with Crippen molar-refractivity contribution in [2.45, 2.75) is 63.8 Å². The molecule has 0 saturated heterocycles. The number of nitrogens with zero attached hydrogens (tertiary/aromatic N) is 2. The van der Waals surface area contributed by atoms with E-state index < -0.39 is 0 Å². The molecule has 0 fully saturated rings. The second-order valence-electron chi connectivity index (χ2n) is 7.50. The summed E-state index contributed by atoms with van der Waals surface area (Å²) in [6.07, 6.45) is 7.23. The van der Waals surface area contributed by atoms with E-state index in [2.05, 4.69) is 17.5 Å². The molecule has 146 valence electrons. The number of amides is 1. The van der Waals surface area contributed by atoms with Crippen LogP contribution in [0.1, 0.15) is 60.1 Å². The van der Waals surface area contributed by atoms with E-state index in [1.54, 1.807) is 0 Å². The molecule has 28 heavy (non-hydrogen) atoms. The number of nitriles is 1. The summed E-state index contributed by atoms with van der Waals surface area (Å²) < 4.78 is 0. The molecule has 0 unspecified atom stereocenters. The molecule has 0 aliphatic heterocycles. The van der Waals surface area contributed by atoms with Gasteiger partial charge in [-0.1, -0.05) is 18.9 Å². The smallest absolute Gasteiger partial charge is 0.225 e. The summed E-state index contributed by atoms with van der Waals surface area (Å²) in [5.74, 6) is 0.596. The highest BCUT2D eigenvalue weighted by Gasteiger charge is 2.14. The van der Waals surface area contributed by atoms with Crippen LogP contribution in [0.25, 0.3) is 0 Å². The van der Waals surface area contributed by atoms with Crippen LogP contribution < -0.4 is 5.32 Å². The van der Waals surface area contributed by atoms with E-state index in [4.69, 9.17) is 4.98 Å². The van der Waals surface area contributed by atoms with Gasteiger partial charge >= 0.3 is 0 Å². The highest BCUT2D eigenvalue weighted by molar-refractivity contribution is 7.99. The molecule has 1 N–H and O–H groups in total. The number of fused-ring (bicyclic) bond motifs is 1. The third-order valence-corrected chi connectivity index (χ3v) is 5.95. The third-order valence-electron chi connectivity index (χ3n) is 4.96. The van der Waals surface area contributed by atoms with Crippen LogP contribution in [0.15, 0.2) is 29.3 Å². The molecule has 0 spiro atoms. The first kappa shape index (κ1) is 20.4. The van der Waals surface area contributed by atoms with E-state index >= 15 is 0 Å². The second-order valence-corrected chi connectivity index (χ2v) is 8.58. The average Bonchev–Trinajstić information content (AvgIpc) is 2.61. The van der Waals surface area contributed by atoms with Crippen LogP contribution in [0.5, 0.6) is 0 Å². The Morgan fingerprint density at radius 1 is 1.11 bits per heavy atom. The number of carbonyl (C=O) groups excluding carboxylic acids is 1. The molecule has 1 aromatic carbocycles. The lowest BCUT2D eigenvalue weighted by Gasteiger charge is -2.15. The Balaban J connectivity index is 1.61. The molecule has 2 aromatic rings. The fourth-order valence-electron chi connectivity index (χ4n) is 3.67. The first-order chi connectivity index (χ1) is 13.5. The van der Waals surface area contributed by atoms with E-state index in [1.165, 1.54) is 36.6 Å². The monoisotopic (exact) mass is 393 g/mol. The largest absolute Gasteiger partial charge is 0.326 e. The zero-order valence-electron chi connectivity index (χ0n) is 16.7. The second kappa shape index (κ2) is 9.75. The molecule has 0 saturated carbocycles. The first-order valence-electron chi connectivity index (χ1n) is 9.99. The summed E-state index contributed by atoms with van der Waals surface area (Å²) in [6, 6.07) is 10.3. The van der Waals surface area contributed by atoms with Crippen molar-refractivity contribution >= 4 is 23.4 Å². The molecule has 5 heteroatoms. The van der Waals surface area contributed by atoms with Crippen LogP contribution >= 0.6 is 11.8 Å². The zero-order chi connectivity index (χ0) is 19.9. The Bertz CT molecular complexity index is 881. The molecule has 4 nitrogen and oxygen atoms in total. The van der Waals surface area contributed by atoms with Gasteiger partial charge in [-0.2, -0.15) is 5.26 Å². The van der Waals surface area contributed by atoms with Crippen molar-refractivity contribution in [2.75, 3.05) is 11.1 Å². The van der Waals surface area contributed by atoms with E-state index in [0.717, 1.165) is 46.8 Å². The van der Waals surface area contributed by atoms with Crippen molar-refractivity contribution in [1.82, 2.24) is 4.98 Å². The highest BCUT2D eigenvalue weighted by atomic mass is 32.2. The van der Waals surface area contributed by atoms with Gasteiger partial charge in [0, 0.05) is 23.6 Å².